The lowest BCUT2D eigenvalue weighted by atomic mass is 10.2. The summed E-state index contributed by atoms with van der Waals surface area (Å²) in [6, 6.07) is 13.1. The number of hydrogen-bond donors (Lipinski definition) is 3. The van der Waals surface area contributed by atoms with Gasteiger partial charge in [0.2, 0.25) is 22.9 Å². The highest BCUT2D eigenvalue weighted by atomic mass is 32.1. The number of aliphatic imine (C=N–C) groups is 1. The number of carbonyl (C=O) groups is 3. The van der Waals surface area contributed by atoms with Crippen LogP contribution in [0.2, 0.25) is 0 Å². The number of hydrogen-bond acceptors (Lipinski definition) is 8. The Morgan fingerprint density at radius 1 is 1.04 bits per heavy atom. The number of furan rings is 1. The van der Waals surface area contributed by atoms with E-state index in [1.807, 2.05) is 54.3 Å². The zero-order valence-electron chi connectivity index (χ0n) is 26.5. The van der Waals surface area contributed by atoms with Gasteiger partial charge in [0.1, 0.15) is 16.2 Å². The Kier molecular flexibility index (Phi) is 12.9. The van der Waals surface area contributed by atoms with E-state index < -0.39 is 0 Å². The van der Waals surface area contributed by atoms with Gasteiger partial charge in [-0.05, 0) is 69.0 Å². The molecule has 2 fully saturated rings. The molecule has 2 saturated heterocycles. The summed E-state index contributed by atoms with van der Waals surface area (Å²) in [4.78, 5) is 52.5. The zero-order chi connectivity index (χ0) is 33.6. The van der Waals surface area contributed by atoms with Crippen LogP contribution in [-0.2, 0) is 16.1 Å². The van der Waals surface area contributed by atoms with Crippen LogP contribution < -0.4 is 16.4 Å². The first-order chi connectivity index (χ1) is 22.8. The van der Waals surface area contributed by atoms with Crippen LogP contribution in [-0.4, -0.2) is 69.6 Å². The van der Waals surface area contributed by atoms with E-state index in [2.05, 4.69) is 38.4 Å². The number of anilines is 1. The number of aromatic nitrogens is 2. The molecule has 0 radical (unpaired) electrons. The van der Waals surface area contributed by atoms with Crippen molar-refractivity contribution in [1.82, 2.24) is 25.1 Å². The summed E-state index contributed by atoms with van der Waals surface area (Å²) < 4.78 is 5.56. The predicted octanol–water partition coefficient (Wildman–Crippen LogP) is 4.84. The van der Waals surface area contributed by atoms with E-state index in [1.165, 1.54) is 6.20 Å². The predicted molar refractivity (Wildman–Crippen MR) is 184 cm³/mol. The van der Waals surface area contributed by atoms with Gasteiger partial charge in [-0.2, -0.15) is 4.99 Å². The monoisotopic (exact) mass is 656 g/mol. The third-order valence-electron chi connectivity index (χ3n) is 7.46. The van der Waals surface area contributed by atoms with Crippen LogP contribution >= 0.6 is 11.3 Å². The molecule has 0 atom stereocenters. The number of amides is 3. The number of nitrogens with two attached hydrogens (primary N) is 1. The van der Waals surface area contributed by atoms with Crippen molar-refractivity contribution < 1.29 is 18.8 Å². The standard InChI is InChI=1S/C20H18N6O2S.C12H20N2O2.C2H2/c1-12-8-13-9-14(5-6-16(13)28-12)25-19(21)26-20-24-11-17(29-20)18(27)23-10-15-4-2-3-7-22-15;15-11-6-2-1-3-9-14(11)10-12(16)13-7-4-5-8-13;1-2/h2-9,11H,10H2,1H3,(H,23,27)(H3,21,24,25,26);1-10H2;1-2H. The summed E-state index contributed by atoms with van der Waals surface area (Å²) in [7, 11) is 0. The van der Waals surface area contributed by atoms with Crippen molar-refractivity contribution in [2.75, 3.05) is 31.5 Å². The number of likely N-dealkylation sites (tertiary alicyclic amines) is 2. The van der Waals surface area contributed by atoms with E-state index >= 15 is 0 Å². The minimum atomic E-state index is -0.234. The third-order valence-corrected chi connectivity index (χ3v) is 8.35. The zero-order valence-corrected chi connectivity index (χ0v) is 27.3. The number of aryl methyl sites for hydroxylation is 1. The molecular weight excluding hydrogens is 616 g/mol. The minimum absolute atomic E-state index is 0.132. The average molecular weight is 657 g/mol. The highest BCUT2D eigenvalue weighted by Crippen LogP contribution is 2.24. The quantitative estimate of drug-likeness (QED) is 0.145. The second kappa shape index (κ2) is 17.5. The highest BCUT2D eigenvalue weighted by molar-refractivity contribution is 7.17. The molecule has 6 rings (SSSR count). The van der Waals surface area contributed by atoms with E-state index in [4.69, 9.17) is 10.2 Å². The molecule has 4 N–H and O–H groups in total. The summed E-state index contributed by atoms with van der Waals surface area (Å²) >= 11 is 1.15. The average Bonchev–Trinajstić information content (AvgIpc) is 3.83. The second-order valence-electron chi connectivity index (χ2n) is 11.0. The first-order valence-corrected chi connectivity index (χ1v) is 16.3. The maximum absolute atomic E-state index is 12.3. The fraction of sp³-hybridized carbons (Fsp3) is 0.353. The van der Waals surface area contributed by atoms with Gasteiger partial charge >= 0.3 is 0 Å². The van der Waals surface area contributed by atoms with E-state index in [9.17, 15) is 14.4 Å². The molecule has 2 aliphatic heterocycles. The molecule has 12 nitrogen and oxygen atoms in total. The SMILES string of the molecule is C#C.Cc1cc2cc(NC(N)=Nc3ncc(C(=O)NCc4ccccn4)s3)ccc2o1.O=C(CN1CCCCCC1=O)N1CCCC1. The van der Waals surface area contributed by atoms with Gasteiger partial charge in [0.15, 0.2) is 0 Å². The second-order valence-corrected chi connectivity index (χ2v) is 12.0. The summed E-state index contributed by atoms with van der Waals surface area (Å²) in [6.07, 6.45) is 17.1. The Morgan fingerprint density at radius 3 is 2.60 bits per heavy atom. The summed E-state index contributed by atoms with van der Waals surface area (Å²) in [6.45, 7) is 5.06. The molecule has 246 valence electrons. The van der Waals surface area contributed by atoms with Crippen molar-refractivity contribution in [3.05, 3.63) is 71.2 Å². The number of guanidine groups is 1. The fourth-order valence-corrected chi connectivity index (χ4v) is 5.87. The van der Waals surface area contributed by atoms with Crippen molar-refractivity contribution in [3.63, 3.8) is 0 Å². The maximum atomic E-state index is 12.3. The van der Waals surface area contributed by atoms with Gasteiger partial charge in [-0.15, -0.1) is 12.8 Å². The van der Waals surface area contributed by atoms with Crippen LogP contribution in [0.25, 0.3) is 11.0 Å². The summed E-state index contributed by atoms with van der Waals surface area (Å²) in [5, 5.41) is 7.19. The Morgan fingerprint density at radius 2 is 1.83 bits per heavy atom. The fourth-order valence-electron chi connectivity index (χ4n) is 5.15. The lowest BCUT2D eigenvalue weighted by Gasteiger charge is -2.23. The van der Waals surface area contributed by atoms with Crippen molar-refractivity contribution in [3.8, 4) is 12.8 Å². The van der Waals surface area contributed by atoms with Crippen LogP contribution in [0.15, 0.2) is 64.3 Å². The first kappa shape index (κ1) is 34.6. The van der Waals surface area contributed by atoms with E-state index in [1.54, 1.807) is 11.1 Å². The van der Waals surface area contributed by atoms with Gasteiger partial charge in [0.25, 0.3) is 5.91 Å². The van der Waals surface area contributed by atoms with Crippen molar-refractivity contribution >= 4 is 56.8 Å². The molecule has 0 aliphatic carbocycles. The molecule has 5 heterocycles. The number of benzene rings is 1. The van der Waals surface area contributed by atoms with Gasteiger partial charge in [-0.25, -0.2) is 4.98 Å². The van der Waals surface area contributed by atoms with E-state index in [-0.39, 0.29) is 23.7 Å². The normalized spacial score (nSPS) is 14.8. The van der Waals surface area contributed by atoms with Crippen molar-refractivity contribution in [1.29, 1.82) is 0 Å². The molecule has 0 unspecified atom stereocenters. The number of fused-ring (bicyclic) bond motifs is 1. The van der Waals surface area contributed by atoms with Gasteiger partial charge in [-0.1, -0.05) is 23.8 Å². The topological polar surface area (TPSA) is 159 Å². The van der Waals surface area contributed by atoms with Gasteiger partial charge < -0.3 is 30.6 Å². The molecule has 47 heavy (non-hydrogen) atoms. The molecular formula is C34H40N8O4S. The largest absolute Gasteiger partial charge is 0.461 e. The Hall–Kier alpha value is -5.22. The number of rotatable bonds is 7. The molecule has 0 spiro atoms. The number of terminal acetylenes is 1. The van der Waals surface area contributed by atoms with Crippen LogP contribution in [0, 0.1) is 19.8 Å². The molecule has 3 aromatic heterocycles. The Bertz CT molecular complexity index is 1690. The third kappa shape index (κ3) is 10.4. The summed E-state index contributed by atoms with van der Waals surface area (Å²) in [5.74, 6) is 1.08. The number of thiazole rings is 1. The Labute approximate surface area is 278 Å². The molecule has 1 aromatic carbocycles. The van der Waals surface area contributed by atoms with E-state index in [0.717, 1.165) is 91.2 Å². The van der Waals surface area contributed by atoms with Crippen LogP contribution in [0.3, 0.4) is 0 Å². The number of pyridine rings is 1. The Balaban J connectivity index is 0.000000235. The van der Waals surface area contributed by atoms with Crippen LogP contribution in [0.4, 0.5) is 10.8 Å². The van der Waals surface area contributed by atoms with Crippen molar-refractivity contribution in [2.45, 2.75) is 52.0 Å². The molecule has 0 bridgehead atoms. The molecule has 0 saturated carbocycles. The molecule has 3 amide bonds. The van der Waals surface area contributed by atoms with Crippen molar-refractivity contribution in [2.24, 2.45) is 10.7 Å². The van der Waals surface area contributed by atoms with Gasteiger partial charge in [0, 0.05) is 43.3 Å². The van der Waals surface area contributed by atoms with E-state index in [0.29, 0.717) is 29.5 Å². The lowest BCUT2D eigenvalue weighted by Crippen LogP contribution is -2.41. The van der Waals surface area contributed by atoms with Gasteiger partial charge in [0.05, 0.1) is 25.0 Å². The smallest absolute Gasteiger partial charge is 0.263 e. The molecule has 4 aromatic rings. The van der Waals surface area contributed by atoms with Crippen LogP contribution in [0.1, 0.15) is 59.7 Å². The number of carbonyl (C=O) groups excluding carboxylic acids is 3. The van der Waals surface area contributed by atoms with Crippen LogP contribution in [0.5, 0.6) is 0 Å². The molecule has 2 aliphatic rings. The first-order valence-electron chi connectivity index (χ1n) is 15.5. The molecule has 13 heteroatoms. The minimum Gasteiger partial charge on any atom is -0.461 e. The highest BCUT2D eigenvalue weighted by Gasteiger charge is 2.24. The van der Waals surface area contributed by atoms with Gasteiger partial charge in [-0.3, -0.25) is 19.4 Å². The maximum Gasteiger partial charge on any atom is 0.263 e. The summed E-state index contributed by atoms with van der Waals surface area (Å²) in [5.41, 5.74) is 8.35. The number of nitrogens with one attached hydrogen (secondary N) is 2. The lowest BCUT2D eigenvalue weighted by molar-refractivity contribution is -0.139. The number of nitrogens with zero attached hydrogens (tertiary/aromatic N) is 5.